The standard InChI is InChI=1S/C29H34FNO6/c30-25-15-10-22(17-27(25)36-18-19-3-1-4-19)28(33)31-16-2-5-26(32)20-6-11-23(12-7-20)37-24-13-8-21(9-14-24)29(34)35/h6-7,10-12,15,17,19,21,24H,1-5,8-9,13-14,16,18H2,(H,31,33)(H,34,35). The number of hydrogen-bond donors (Lipinski definition) is 2. The van der Waals surface area contributed by atoms with Gasteiger partial charge < -0.3 is 19.9 Å². The third-order valence-corrected chi connectivity index (χ3v) is 7.26. The van der Waals surface area contributed by atoms with E-state index in [2.05, 4.69) is 5.32 Å². The summed E-state index contributed by atoms with van der Waals surface area (Å²) in [5.41, 5.74) is 0.892. The highest BCUT2D eigenvalue weighted by molar-refractivity contribution is 5.96. The van der Waals surface area contributed by atoms with Crippen molar-refractivity contribution in [2.45, 2.75) is 63.9 Å². The molecular weight excluding hydrogens is 477 g/mol. The number of nitrogens with one attached hydrogen (secondary N) is 1. The summed E-state index contributed by atoms with van der Waals surface area (Å²) in [5, 5.41) is 11.9. The molecule has 2 fully saturated rings. The van der Waals surface area contributed by atoms with Crippen molar-refractivity contribution < 1.29 is 33.4 Å². The van der Waals surface area contributed by atoms with Gasteiger partial charge in [0.25, 0.3) is 5.91 Å². The molecule has 0 radical (unpaired) electrons. The van der Waals surface area contributed by atoms with Gasteiger partial charge in [0.2, 0.25) is 0 Å². The molecule has 0 heterocycles. The van der Waals surface area contributed by atoms with E-state index in [0.29, 0.717) is 68.1 Å². The number of hydrogen-bond acceptors (Lipinski definition) is 5. The number of carboxylic acid groups (broad SMARTS) is 1. The van der Waals surface area contributed by atoms with Gasteiger partial charge in [-0.05, 0) is 93.3 Å². The van der Waals surface area contributed by atoms with Crippen LogP contribution < -0.4 is 14.8 Å². The molecule has 37 heavy (non-hydrogen) atoms. The van der Waals surface area contributed by atoms with E-state index in [1.54, 1.807) is 24.3 Å². The predicted molar refractivity (Wildman–Crippen MR) is 136 cm³/mol. The highest BCUT2D eigenvalue weighted by Gasteiger charge is 2.27. The maximum atomic E-state index is 14.0. The average molecular weight is 512 g/mol. The van der Waals surface area contributed by atoms with Crippen molar-refractivity contribution in [1.29, 1.82) is 0 Å². The Kier molecular flexibility index (Phi) is 9.14. The monoisotopic (exact) mass is 511 g/mol. The smallest absolute Gasteiger partial charge is 0.306 e. The largest absolute Gasteiger partial charge is 0.490 e. The molecule has 0 bridgehead atoms. The zero-order valence-electron chi connectivity index (χ0n) is 20.9. The zero-order chi connectivity index (χ0) is 26.2. The van der Waals surface area contributed by atoms with Crippen molar-refractivity contribution in [1.82, 2.24) is 5.32 Å². The number of amides is 1. The van der Waals surface area contributed by atoms with Crippen LogP contribution in [0.5, 0.6) is 11.5 Å². The van der Waals surface area contributed by atoms with E-state index in [4.69, 9.17) is 14.6 Å². The lowest BCUT2D eigenvalue weighted by Gasteiger charge is -2.26. The lowest BCUT2D eigenvalue weighted by Crippen LogP contribution is -2.27. The summed E-state index contributed by atoms with van der Waals surface area (Å²) in [6, 6.07) is 11.1. The zero-order valence-corrected chi connectivity index (χ0v) is 20.9. The van der Waals surface area contributed by atoms with Crippen LogP contribution in [0.2, 0.25) is 0 Å². The lowest BCUT2D eigenvalue weighted by atomic mass is 9.86. The fourth-order valence-corrected chi connectivity index (χ4v) is 4.66. The summed E-state index contributed by atoms with van der Waals surface area (Å²) < 4.78 is 25.5. The SMILES string of the molecule is O=C(CCCNC(=O)c1ccc(F)c(OCC2CCC2)c1)c1ccc(OC2CCC(C(=O)O)CC2)cc1. The van der Waals surface area contributed by atoms with Gasteiger partial charge in [0, 0.05) is 24.1 Å². The van der Waals surface area contributed by atoms with Gasteiger partial charge in [-0.2, -0.15) is 0 Å². The molecule has 2 aromatic carbocycles. The molecule has 0 aromatic heterocycles. The number of carbonyl (C=O) groups is 3. The number of rotatable bonds is 12. The predicted octanol–water partition coefficient (Wildman–Crippen LogP) is 5.42. The molecule has 0 spiro atoms. The summed E-state index contributed by atoms with van der Waals surface area (Å²) >= 11 is 0. The second-order valence-electron chi connectivity index (χ2n) is 9.99. The molecule has 198 valence electrons. The van der Waals surface area contributed by atoms with Gasteiger partial charge in [-0.1, -0.05) is 6.42 Å². The first kappa shape index (κ1) is 26.6. The normalized spacial score (nSPS) is 19.5. The van der Waals surface area contributed by atoms with Crippen molar-refractivity contribution in [3.8, 4) is 11.5 Å². The summed E-state index contributed by atoms with van der Waals surface area (Å²) in [6.45, 7) is 0.783. The molecule has 2 saturated carbocycles. The molecule has 2 aliphatic carbocycles. The minimum atomic E-state index is -0.741. The number of ketones is 1. The van der Waals surface area contributed by atoms with E-state index in [0.717, 1.165) is 12.8 Å². The number of carbonyl (C=O) groups excluding carboxylic acids is 2. The highest BCUT2D eigenvalue weighted by Crippen LogP contribution is 2.29. The van der Waals surface area contributed by atoms with E-state index < -0.39 is 11.8 Å². The van der Waals surface area contributed by atoms with Crippen LogP contribution in [0.3, 0.4) is 0 Å². The van der Waals surface area contributed by atoms with E-state index >= 15 is 0 Å². The Morgan fingerprint density at radius 2 is 1.65 bits per heavy atom. The topological polar surface area (TPSA) is 102 Å². The molecule has 7 nitrogen and oxygen atoms in total. The second-order valence-corrected chi connectivity index (χ2v) is 9.99. The molecule has 2 N–H and O–H groups in total. The Bertz CT molecular complexity index is 1090. The third kappa shape index (κ3) is 7.54. The van der Waals surface area contributed by atoms with Crippen molar-refractivity contribution >= 4 is 17.7 Å². The number of carboxylic acids is 1. The van der Waals surface area contributed by atoms with Gasteiger partial charge >= 0.3 is 5.97 Å². The first-order chi connectivity index (χ1) is 17.9. The minimum absolute atomic E-state index is 0.00717. The molecule has 2 aromatic rings. The molecule has 0 aliphatic heterocycles. The van der Waals surface area contributed by atoms with Crippen LogP contribution >= 0.6 is 0 Å². The molecule has 2 aliphatic rings. The summed E-state index contributed by atoms with van der Waals surface area (Å²) in [4.78, 5) is 36.1. The maximum Gasteiger partial charge on any atom is 0.306 e. The molecule has 0 atom stereocenters. The molecule has 1 amide bonds. The minimum Gasteiger partial charge on any atom is -0.490 e. The van der Waals surface area contributed by atoms with Crippen LogP contribution in [-0.2, 0) is 4.79 Å². The Hall–Kier alpha value is -3.42. The van der Waals surface area contributed by atoms with Gasteiger partial charge in [-0.25, -0.2) is 4.39 Å². The maximum absolute atomic E-state index is 14.0. The van der Waals surface area contributed by atoms with Gasteiger partial charge in [0.1, 0.15) is 5.75 Å². The van der Waals surface area contributed by atoms with Crippen LogP contribution in [0.25, 0.3) is 0 Å². The van der Waals surface area contributed by atoms with Gasteiger partial charge in [-0.3, -0.25) is 14.4 Å². The number of benzene rings is 2. The van der Waals surface area contributed by atoms with Crippen LogP contribution in [0.1, 0.15) is 78.5 Å². The second kappa shape index (κ2) is 12.7. The average Bonchev–Trinajstić information content (AvgIpc) is 2.87. The molecule has 0 unspecified atom stereocenters. The highest BCUT2D eigenvalue weighted by atomic mass is 19.1. The lowest BCUT2D eigenvalue weighted by molar-refractivity contribution is -0.143. The number of Topliss-reactive ketones (excluding diaryl/α,β-unsaturated/α-hetero) is 1. The van der Waals surface area contributed by atoms with Crippen molar-refractivity contribution in [3.63, 3.8) is 0 Å². The van der Waals surface area contributed by atoms with Gasteiger partial charge in [0.05, 0.1) is 18.6 Å². The number of ether oxygens (including phenoxy) is 2. The molecule has 4 rings (SSSR count). The summed E-state index contributed by atoms with van der Waals surface area (Å²) in [5.74, 6) is -0.654. The Morgan fingerprint density at radius 1 is 0.946 bits per heavy atom. The van der Waals surface area contributed by atoms with Gasteiger partial charge in [-0.15, -0.1) is 0 Å². The molecular formula is C29H34FNO6. The van der Waals surface area contributed by atoms with Crippen LogP contribution in [0.4, 0.5) is 4.39 Å². The number of halogens is 1. The summed E-state index contributed by atoms with van der Waals surface area (Å²) in [6.07, 6.45) is 6.75. The number of aliphatic carboxylic acids is 1. The van der Waals surface area contributed by atoms with E-state index in [9.17, 15) is 18.8 Å². The van der Waals surface area contributed by atoms with E-state index in [-0.39, 0.29) is 35.9 Å². The first-order valence-electron chi connectivity index (χ1n) is 13.1. The Balaban J connectivity index is 1.17. The fourth-order valence-electron chi connectivity index (χ4n) is 4.66. The van der Waals surface area contributed by atoms with Crippen molar-refractivity contribution in [2.24, 2.45) is 11.8 Å². The molecule has 8 heteroatoms. The van der Waals surface area contributed by atoms with E-state index in [1.807, 2.05) is 0 Å². The van der Waals surface area contributed by atoms with E-state index in [1.165, 1.54) is 24.6 Å². The van der Waals surface area contributed by atoms with Crippen molar-refractivity contribution in [3.05, 3.63) is 59.4 Å². The fraction of sp³-hybridized carbons (Fsp3) is 0.483. The first-order valence-corrected chi connectivity index (χ1v) is 13.1. The van der Waals surface area contributed by atoms with Gasteiger partial charge in [0.15, 0.2) is 17.3 Å². The Labute approximate surface area is 216 Å². The van der Waals surface area contributed by atoms with Crippen LogP contribution in [-0.4, -0.2) is 42.0 Å². The summed E-state index contributed by atoms with van der Waals surface area (Å²) in [7, 11) is 0. The molecule has 0 saturated heterocycles. The van der Waals surface area contributed by atoms with Crippen LogP contribution in [0.15, 0.2) is 42.5 Å². The third-order valence-electron chi connectivity index (χ3n) is 7.26. The Morgan fingerprint density at radius 3 is 2.30 bits per heavy atom. The quantitative estimate of drug-likeness (QED) is 0.291. The van der Waals surface area contributed by atoms with Crippen molar-refractivity contribution in [2.75, 3.05) is 13.2 Å². The van der Waals surface area contributed by atoms with Crippen LogP contribution in [0, 0.1) is 17.7 Å².